The fourth-order valence-corrected chi connectivity index (χ4v) is 2.26. The summed E-state index contributed by atoms with van der Waals surface area (Å²) in [4.78, 5) is 19.7. The van der Waals surface area contributed by atoms with Crippen LogP contribution in [0.1, 0.15) is 16.3 Å². The number of rotatable bonds is 2. The summed E-state index contributed by atoms with van der Waals surface area (Å²) in [6.45, 7) is 1.66. The van der Waals surface area contributed by atoms with E-state index in [2.05, 4.69) is 9.97 Å². The van der Waals surface area contributed by atoms with Gasteiger partial charge in [0.1, 0.15) is 5.82 Å². The number of aromatic carboxylic acids is 1. The van der Waals surface area contributed by atoms with E-state index in [1.165, 1.54) is 17.4 Å². The molecule has 16 heavy (non-hydrogen) atoms. The van der Waals surface area contributed by atoms with Gasteiger partial charge in [0.25, 0.3) is 0 Å². The average molecular weight is 255 g/mol. The van der Waals surface area contributed by atoms with Gasteiger partial charge in [-0.05, 0) is 25.1 Å². The molecule has 0 aliphatic carbocycles. The Morgan fingerprint density at radius 2 is 2.19 bits per heavy atom. The minimum Gasteiger partial charge on any atom is -0.477 e. The third-order valence-electron chi connectivity index (χ3n) is 1.88. The van der Waals surface area contributed by atoms with Gasteiger partial charge in [-0.2, -0.15) is 0 Å². The van der Waals surface area contributed by atoms with Crippen molar-refractivity contribution in [2.45, 2.75) is 6.92 Å². The highest BCUT2D eigenvalue weighted by Gasteiger charge is 2.11. The highest BCUT2D eigenvalue weighted by atomic mass is 35.5. The highest BCUT2D eigenvalue weighted by molar-refractivity contribution is 7.19. The maximum absolute atomic E-state index is 10.8. The Balaban J connectivity index is 2.53. The number of hydrogen-bond acceptors (Lipinski definition) is 4. The van der Waals surface area contributed by atoms with Crippen LogP contribution in [0.4, 0.5) is 0 Å². The van der Waals surface area contributed by atoms with Crippen LogP contribution in [0.2, 0.25) is 4.34 Å². The van der Waals surface area contributed by atoms with Gasteiger partial charge in [0.15, 0.2) is 5.69 Å². The average Bonchev–Trinajstić information content (AvgIpc) is 2.64. The fraction of sp³-hybridized carbons (Fsp3) is 0.100. The van der Waals surface area contributed by atoms with E-state index >= 15 is 0 Å². The lowest BCUT2D eigenvalue weighted by atomic mass is 10.3. The van der Waals surface area contributed by atoms with Gasteiger partial charge >= 0.3 is 5.97 Å². The van der Waals surface area contributed by atoms with Crippen molar-refractivity contribution >= 4 is 28.9 Å². The zero-order valence-electron chi connectivity index (χ0n) is 8.27. The molecule has 0 bridgehead atoms. The molecule has 0 aliphatic rings. The maximum Gasteiger partial charge on any atom is 0.354 e. The number of nitrogens with zero attached hydrogens (tertiary/aromatic N) is 2. The van der Waals surface area contributed by atoms with E-state index in [0.717, 1.165) is 4.88 Å². The van der Waals surface area contributed by atoms with Crippen LogP contribution in [-0.4, -0.2) is 21.0 Å². The SMILES string of the molecule is Cc1nc(C(=O)O)cc(-c2ccc(Cl)s2)n1. The maximum atomic E-state index is 10.8. The molecule has 2 aromatic rings. The smallest absolute Gasteiger partial charge is 0.354 e. The molecule has 0 radical (unpaired) electrons. The third-order valence-corrected chi connectivity index (χ3v) is 3.14. The van der Waals surface area contributed by atoms with E-state index in [4.69, 9.17) is 16.7 Å². The lowest BCUT2D eigenvalue weighted by Crippen LogP contribution is -2.03. The molecule has 0 fully saturated rings. The Morgan fingerprint density at radius 3 is 2.75 bits per heavy atom. The number of carboxylic acid groups (broad SMARTS) is 1. The van der Waals surface area contributed by atoms with Crippen molar-refractivity contribution in [3.05, 3.63) is 34.1 Å². The van der Waals surface area contributed by atoms with Gasteiger partial charge < -0.3 is 5.11 Å². The van der Waals surface area contributed by atoms with Crippen LogP contribution in [0.25, 0.3) is 10.6 Å². The zero-order chi connectivity index (χ0) is 11.7. The van der Waals surface area contributed by atoms with Crippen LogP contribution >= 0.6 is 22.9 Å². The molecular weight excluding hydrogens is 248 g/mol. The monoisotopic (exact) mass is 254 g/mol. The molecule has 0 saturated heterocycles. The minimum atomic E-state index is -1.06. The molecule has 4 nitrogen and oxygen atoms in total. The Hall–Kier alpha value is -1.46. The Kier molecular flexibility index (Phi) is 2.89. The number of halogens is 1. The molecule has 82 valence electrons. The molecule has 2 rings (SSSR count). The van der Waals surface area contributed by atoms with Crippen LogP contribution in [0.3, 0.4) is 0 Å². The van der Waals surface area contributed by atoms with Crippen LogP contribution in [-0.2, 0) is 0 Å². The quantitative estimate of drug-likeness (QED) is 0.895. The zero-order valence-corrected chi connectivity index (χ0v) is 9.84. The molecule has 0 saturated carbocycles. The number of carboxylic acids is 1. The number of thiophene rings is 1. The van der Waals surface area contributed by atoms with Gasteiger partial charge in [-0.3, -0.25) is 0 Å². The van der Waals surface area contributed by atoms with E-state index < -0.39 is 5.97 Å². The lowest BCUT2D eigenvalue weighted by molar-refractivity contribution is 0.0690. The first kappa shape index (κ1) is 11.0. The summed E-state index contributed by atoms with van der Waals surface area (Å²) in [6.07, 6.45) is 0. The fourth-order valence-electron chi connectivity index (χ4n) is 1.26. The van der Waals surface area contributed by atoms with Crippen molar-refractivity contribution in [2.24, 2.45) is 0 Å². The first-order valence-electron chi connectivity index (χ1n) is 4.41. The molecule has 0 amide bonds. The van der Waals surface area contributed by atoms with Gasteiger partial charge in [-0.15, -0.1) is 11.3 Å². The van der Waals surface area contributed by atoms with Gasteiger partial charge in [0.2, 0.25) is 0 Å². The minimum absolute atomic E-state index is 0.00739. The van der Waals surface area contributed by atoms with Crippen LogP contribution < -0.4 is 0 Å². The summed E-state index contributed by atoms with van der Waals surface area (Å²) in [7, 11) is 0. The summed E-state index contributed by atoms with van der Waals surface area (Å²) in [5.41, 5.74) is 0.578. The van der Waals surface area contributed by atoms with Crippen molar-refractivity contribution in [1.29, 1.82) is 0 Å². The van der Waals surface area contributed by atoms with E-state index in [1.807, 2.05) is 0 Å². The third kappa shape index (κ3) is 2.20. The molecule has 0 spiro atoms. The molecular formula is C10H7ClN2O2S. The molecule has 6 heteroatoms. The van der Waals surface area contributed by atoms with Crippen molar-refractivity contribution in [3.8, 4) is 10.6 Å². The molecule has 0 aliphatic heterocycles. The van der Waals surface area contributed by atoms with Crippen molar-refractivity contribution in [1.82, 2.24) is 9.97 Å². The van der Waals surface area contributed by atoms with Crippen LogP contribution in [0.15, 0.2) is 18.2 Å². The van der Waals surface area contributed by atoms with Gasteiger partial charge in [-0.1, -0.05) is 11.6 Å². The lowest BCUT2D eigenvalue weighted by Gasteiger charge is -2.00. The van der Waals surface area contributed by atoms with Gasteiger partial charge in [-0.25, -0.2) is 14.8 Å². The van der Waals surface area contributed by atoms with E-state index in [1.54, 1.807) is 19.1 Å². The Labute approximate surface area is 101 Å². The molecule has 0 unspecified atom stereocenters. The van der Waals surface area contributed by atoms with E-state index in [9.17, 15) is 4.79 Å². The highest BCUT2D eigenvalue weighted by Crippen LogP contribution is 2.29. The molecule has 2 heterocycles. The molecule has 2 aromatic heterocycles. The van der Waals surface area contributed by atoms with Gasteiger partial charge in [0.05, 0.1) is 14.9 Å². The van der Waals surface area contributed by atoms with Gasteiger partial charge in [0, 0.05) is 0 Å². The van der Waals surface area contributed by atoms with E-state index in [0.29, 0.717) is 15.9 Å². The summed E-state index contributed by atoms with van der Waals surface area (Å²) in [5.74, 6) is -0.631. The standard InChI is InChI=1S/C10H7ClN2O2S/c1-5-12-6(4-7(13-5)10(14)15)8-2-3-9(11)16-8/h2-4H,1H3,(H,14,15). The summed E-state index contributed by atoms with van der Waals surface area (Å²) >= 11 is 7.16. The van der Waals surface area contributed by atoms with Crippen molar-refractivity contribution in [2.75, 3.05) is 0 Å². The predicted octanol–water partition coefficient (Wildman–Crippen LogP) is 2.87. The number of carbonyl (C=O) groups is 1. The Morgan fingerprint density at radius 1 is 1.44 bits per heavy atom. The van der Waals surface area contributed by atoms with Crippen LogP contribution in [0, 0.1) is 6.92 Å². The van der Waals surface area contributed by atoms with E-state index in [-0.39, 0.29) is 5.69 Å². The van der Waals surface area contributed by atoms with Crippen LogP contribution in [0.5, 0.6) is 0 Å². The Bertz CT molecular complexity index is 554. The van der Waals surface area contributed by atoms with Crippen molar-refractivity contribution < 1.29 is 9.90 Å². The second-order valence-corrected chi connectivity index (χ2v) is 4.81. The van der Waals surface area contributed by atoms with Crippen molar-refractivity contribution in [3.63, 3.8) is 0 Å². The summed E-state index contributed by atoms with van der Waals surface area (Å²) in [5, 5.41) is 8.87. The molecule has 0 atom stereocenters. The number of aromatic nitrogens is 2. The molecule has 1 N–H and O–H groups in total. The first-order valence-corrected chi connectivity index (χ1v) is 5.60. The first-order chi connectivity index (χ1) is 7.56. The normalized spacial score (nSPS) is 10.4. The largest absolute Gasteiger partial charge is 0.477 e. The summed E-state index contributed by atoms with van der Waals surface area (Å²) < 4.78 is 0.642. The second kappa shape index (κ2) is 4.19. The number of hydrogen-bond donors (Lipinski definition) is 1. The summed E-state index contributed by atoms with van der Waals surface area (Å²) in [6, 6.07) is 5.00. The topological polar surface area (TPSA) is 63.1 Å². The predicted molar refractivity (Wildman–Crippen MR) is 62.1 cm³/mol. The molecule has 0 aromatic carbocycles. The second-order valence-electron chi connectivity index (χ2n) is 3.09. The number of aryl methyl sites for hydroxylation is 1.